The highest BCUT2D eigenvalue weighted by molar-refractivity contribution is 9.10. The molecule has 0 aliphatic carbocycles. The van der Waals surface area contributed by atoms with Crippen LogP contribution >= 0.6 is 38.9 Å². The number of ether oxygens (including phenoxy) is 1. The monoisotopic (exact) mass is 346 g/mol. The predicted octanol–water partition coefficient (Wildman–Crippen LogP) is 4.45. The first-order valence-electron chi connectivity index (χ1n) is 5.35. The van der Waals surface area contributed by atoms with Gasteiger partial charge in [-0.1, -0.05) is 11.6 Å². The third-order valence-electron chi connectivity index (χ3n) is 2.62. The van der Waals surface area contributed by atoms with Gasteiger partial charge in [-0.2, -0.15) is 0 Å². The van der Waals surface area contributed by atoms with Crippen molar-refractivity contribution >= 4 is 38.9 Å². The van der Waals surface area contributed by atoms with E-state index in [-0.39, 0.29) is 0 Å². The van der Waals surface area contributed by atoms with Gasteiger partial charge in [0.1, 0.15) is 5.75 Å². The highest BCUT2D eigenvalue weighted by atomic mass is 79.9. The molecule has 0 saturated carbocycles. The van der Waals surface area contributed by atoms with Gasteiger partial charge in [0.25, 0.3) is 0 Å². The van der Waals surface area contributed by atoms with E-state index in [0.717, 1.165) is 9.35 Å². The smallest absolute Gasteiger partial charge is 0.124 e. The molecular weight excluding hydrogens is 336 g/mol. The molecule has 0 spiro atoms. The summed E-state index contributed by atoms with van der Waals surface area (Å²) in [4.78, 5) is 1.10. The second-order valence-corrected chi connectivity index (χ2v) is 6.09. The standard InChI is InChI=1S/C13H12BrClO2S/c1-17-12-3-2-8(15)6-9(12)11(16)7-13-10(14)4-5-18-13/h2-6,11,16H,7H2,1H3. The number of aliphatic hydroxyl groups excluding tert-OH is 1. The van der Waals surface area contributed by atoms with Crippen LogP contribution in [0.5, 0.6) is 5.75 Å². The predicted molar refractivity (Wildman–Crippen MR) is 78.7 cm³/mol. The molecule has 1 unspecified atom stereocenters. The van der Waals surface area contributed by atoms with Crippen LogP contribution in [0.3, 0.4) is 0 Å². The Morgan fingerprint density at radius 1 is 1.44 bits per heavy atom. The molecule has 0 radical (unpaired) electrons. The van der Waals surface area contributed by atoms with Crippen molar-refractivity contribution in [2.24, 2.45) is 0 Å². The quantitative estimate of drug-likeness (QED) is 0.885. The summed E-state index contributed by atoms with van der Waals surface area (Å²) >= 11 is 11.0. The number of hydrogen-bond donors (Lipinski definition) is 1. The molecule has 2 nitrogen and oxygen atoms in total. The van der Waals surface area contributed by atoms with Crippen molar-refractivity contribution in [1.82, 2.24) is 0 Å². The van der Waals surface area contributed by atoms with Crippen molar-refractivity contribution in [3.63, 3.8) is 0 Å². The molecule has 5 heteroatoms. The lowest BCUT2D eigenvalue weighted by atomic mass is 10.0. The SMILES string of the molecule is COc1ccc(Cl)cc1C(O)Cc1sccc1Br. The van der Waals surface area contributed by atoms with E-state index < -0.39 is 6.10 Å². The van der Waals surface area contributed by atoms with Gasteiger partial charge in [0, 0.05) is 26.4 Å². The van der Waals surface area contributed by atoms with Crippen LogP contribution in [0.25, 0.3) is 0 Å². The fourth-order valence-electron chi connectivity index (χ4n) is 1.72. The number of halogens is 2. The Balaban J connectivity index is 2.25. The summed E-state index contributed by atoms with van der Waals surface area (Å²) in [5, 5.41) is 12.9. The summed E-state index contributed by atoms with van der Waals surface area (Å²) in [6.07, 6.45) is -0.0943. The van der Waals surface area contributed by atoms with Gasteiger partial charge in [-0.05, 0) is 45.6 Å². The highest BCUT2D eigenvalue weighted by Crippen LogP contribution is 2.33. The zero-order valence-electron chi connectivity index (χ0n) is 9.69. The van der Waals surface area contributed by atoms with Crippen molar-refractivity contribution in [2.75, 3.05) is 7.11 Å². The fourth-order valence-corrected chi connectivity index (χ4v) is 3.45. The average Bonchev–Trinajstić information content (AvgIpc) is 2.75. The van der Waals surface area contributed by atoms with Gasteiger partial charge in [0.2, 0.25) is 0 Å². The molecule has 96 valence electrons. The molecule has 1 aromatic heterocycles. The van der Waals surface area contributed by atoms with E-state index in [1.54, 1.807) is 36.6 Å². The summed E-state index contributed by atoms with van der Waals surface area (Å²) in [5.74, 6) is 0.652. The lowest BCUT2D eigenvalue weighted by Gasteiger charge is -2.14. The molecular formula is C13H12BrClO2S. The number of aliphatic hydroxyl groups is 1. The summed E-state index contributed by atoms with van der Waals surface area (Å²) in [7, 11) is 1.58. The van der Waals surface area contributed by atoms with Crippen LogP contribution < -0.4 is 4.74 Å². The molecule has 0 fully saturated rings. The lowest BCUT2D eigenvalue weighted by Crippen LogP contribution is -2.03. The van der Waals surface area contributed by atoms with Gasteiger partial charge in [0.15, 0.2) is 0 Å². The summed E-state index contributed by atoms with van der Waals surface area (Å²) in [6, 6.07) is 7.23. The van der Waals surface area contributed by atoms with Crippen molar-refractivity contribution in [1.29, 1.82) is 0 Å². The van der Waals surface area contributed by atoms with Crippen LogP contribution in [-0.2, 0) is 6.42 Å². The molecule has 1 aromatic carbocycles. The Kier molecular flexibility index (Phi) is 4.67. The Morgan fingerprint density at radius 2 is 2.22 bits per heavy atom. The largest absolute Gasteiger partial charge is 0.496 e. The second-order valence-electron chi connectivity index (χ2n) is 3.80. The maximum atomic E-state index is 10.3. The number of rotatable bonds is 4. The molecule has 2 aromatic rings. The number of methoxy groups -OCH3 is 1. The van der Waals surface area contributed by atoms with Gasteiger partial charge in [-0.25, -0.2) is 0 Å². The Morgan fingerprint density at radius 3 is 2.83 bits per heavy atom. The van der Waals surface area contributed by atoms with E-state index in [1.807, 2.05) is 11.4 Å². The molecule has 0 amide bonds. The summed E-state index contributed by atoms with van der Waals surface area (Å²) in [5.41, 5.74) is 0.713. The topological polar surface area (TPSA) is 29.5 Å². The van der Waals surface area contributed by atoms with Crippen molar-refractivity contribution in [3.8, 4) is 5.75 Å². The molecule has 1 atom stereocenters. The molecule has 0 saturated heterocycles. The number of hydrogen-bond acceptors (Lipinski definition) is 3. The third-order valence-corrected chi connectivity index (χ3v) is 4.80. The Hall–Kier alpha value is -0.550. The summed E-state index contributed by atoms with van der Waals surface area (Å²) in [6.45, 7) is 0. The molecule has 0 aliphatic heterocycles. The van der Waals surface area contributed by atoms with E-state index in [9.17, 15) is 5.11 Å². The van der Waals surface area contributed by atoms with Crippen molar-refractivity contribution in [2.45, 2.75) is 12.5 Å². The first kappa shape index (κ1) is 13.9. The lowest BCUT2D eigenvalue weighted by molar-refractivity contribution is 0.175. The second kappa shape index (κ2) is 6.06. The fraction of sp³-hybridized carbons (Fsp3) is 0.231. The molecule has 2 rings (SSSR count). The zero-order valence-corrected chi connectivity index (χ0v) is 12.8. The maximum Gasteiger partial charge on any atom is 0.124 e. The van der Waals surface area contributed by atoms with Crippen LogP contribution in [0, 0.1) is 0 Å². The molecule has 0 bridgehead atoms. The maximum absolute atomic E-state index is 10.3. The van der Waals surface area contributed by atoms with Gasteiger partial charge in [0.05, 0.1) is 13.2 Å². The zero-order chi connectivity index (χ0) is 13.1. The minimum atomic E-state index is -0.631. The van der Waals surface area contributed by atoms with E-state index in [4.69, 9.17) is 16.3 Å². The highest BCUT2D eigenvalue weighted by Gasteiger charge is 2.16. The third kappa shape index (κ3) is 3.06. The summed E-state index contributed by atoms with van der Waals surface area (Å²) < 4.78 is 6.26. The Labute approximate surface area is 123 Å². The van der Waals surface area contributed by atoms with Crippen LogP contribution in [0.15, 0.2) is 34.1 Å². The van der Waals surface area contributed by atoms with E-state index in [2.05, 4.69) is 15.9 Å². The molecule has 18 heavy (non-hydrogen) atoms. The average molecular weight is 348 g/mol. The van der Waals surface area contributed by atoms with Gasteiger partial charge < -0.3 is 9.84 Å². The van der Waals surface area contributed by atoms with Gasteiger partial charge in [-0.15, -0.1) is 11.3 Å². The number of thiophene rings is 1. The van der Waals surface area contributed by atoms with Gasteiger partial charge in [-0.3, -0.25) is 0 Å². The minimum absolute atomic E-state index is 0.537. The van der Waals surface area contributed by atoms with E-state index in [0.29, 0.717) is 22.8 Å². The van der Waals surface area contributed by atoms with Crippen LogP contribution in [0.2, 0.25) is 5.02 Å². The normalized spacial score (nSPS) is 12.4. The van der Waals surface area contributed by atoms with Crippen LogP contribution in [0.1, 0.15) is 16.5 Å². The van der Waals surface area contributed by atoms with E-state index in [1.165, 1.54) is 0 Å². The molecule has 0 aliphatic rings. The molecule has 1 heterocycles. The first-order chi connectivity index (χ1) is 8.61. The van der Waals surface area contributed by atoms with E-state index >= 15 is 0 Å². The van der Waals surface area contributed by atoms with Crippen molar-refractivity contribution in [3.05, 3.63) is 49.6 Å². The van der Waals surface area contributed by atoms with Crippen molar-refractivity contribution < 1.29 is 9.84 Å². The van der Waals surface area contributed by atoms with Gasteiger partial charge >= 0.3 is 0 Å². The number of benzene rings is 1. The Bertz CT molecular complexity index is 542. The van der Waals surface area contributed by atoms with Crippen LogP contribution in [-0.4, -0.2) is 12.2 Å². The van der Waals surface area contributed by atoms with Crippen LogP contribution in [0.4, 0.5) is 0 Å². The minimum Gasteiger partial charge on any atom is -0.496 e. The molecule has 1 N–H and O–H groups in total. The first-order valence-corrected chi connectivity index (χ1v) is 7.40.